The summed E-state index contributed by atoms with van der Waals surface area (Å²) in [5, 5.41) is -0.249. The van der Waals surface area contributed by atoms with Crippen molar-refractivity contribution in [3.05, 3.63) is 30.7 Å². The summed E-state index contributed by atoms with van der Waals surface area (Å²) in [6.45, 7) is 3.68. The van der Waals surface area contributed by atoms with E-state index in [1.54, 1.807) is 4.57 Å². The molecule has 2 heterocycles. The van der Waals surface area contributed by atoms with Crippen molar-refractivity contribution in [2.45, 2.75) is 31.1 Å². The number of hydrogen-bond donors (Lipinski definition) is 1. The second kappa shape index (κ2) is 5.55. The first kappa shape index (κ1) is 16.2. The highest BCUT2D eigenvalue weighted by Gasteiger charge is 2.34. The summed E-state index contributed by atoms with van der Waals surface area (Å²) in [6, 6.07) is 0.0193. The summed E-state index contributed by atoms with van der Waals surface area (Å²) < 4.78 is 64.7. The second-order valence-corrected chi connectivity index (χ2v) is 6.28. The molecule has 0 unspecified atom stereocenters. The lowest BCUT2D eigenvalue weighted by atomic mass is 10.4. The van der Waals surface area contributed by atoms with Gasteiger partial charge in [-0.1, -0.05) is 0 Å². The van der Waals surface area contributed by atoms with Crippen LogP contribution in [-0.2, 0) is 16.2 Å². The highest BCUT2D eigenvalue weighted by molar-refractivity contribution is 7.92. The predicted octanol–water partition coefficient (Wildman–Crippen LogP) is 2.07. The number of rotatable bonds is 4. The molecular formula is C11H12F3N5O2S. The third-order valence-corrected chi connectivity index (χ3v) is 3.87. The predicted molar refractivity (Wildman–Crippen MR) is 70.5 cm³/mol. The quantitative estimate of drug-likeness (QED) is 0.924. The maximum atomic E-state index is 12.3. The van der Waals surface area contributed by atoms with Crippen LogP contribution in [0.4, 0.5) is 18.9 Å². The minimum Gasteiger partial charge on any atom is -0.334 e. The summed E-state index contributed by atoms with van der Waals surface area (Å²) in [6.07, 6.45) is -0.534. The minimum atomic E-state index is -4.69. The molecule has 0 aliphatic heterocycles. The molecule has 0 spiro atoms. The van der Waals surface area contributed by atoms with E-state index in [2.05, 4.69) is 19.7 Å². The Bertz CT molecular complexity index is 753. The molecule has 7 nitrogen and oxygen atoms in total. The first-order valence-corrected chi connectivity index (χ1v) is 7.53. The SMILES string of the molecule is CC(C)n1cnc(S(=O)(=O)Nc2cnc(C(F)(F)F)nc2)c1. The van der Waals surface area contributed by atoms with Crippen LogP contribution in [0.15, 0.2) is 29.9 Å². The normalized spacial score (nSPS) is 12.6. The van der Waals surface area contributed by atoms with Gasteiger partial charge in [-0.3, -0.25) is 4.72 Å². The van der Waals surface area contributed by atoms with Gasteiger partial charge >= 0.3 is 6.18 Å². The van der Waals surface area contributed by atoms with Crippen LogP contribution < -0.4 is 4.72 Å². The van der Waals surface area contributed by atoms with E-state index < -0.39 is 22.0 Å². The highest BCUT2D eigenvalue weighted by Crippen LogP contribution is 2.26. The van der Waals surface area contributed by atoms with Crippen LogP contribution in [0.3, 0.4) is 0 Å². The second-order valence-electron chi connectivity index (χ2n) is 4.65. The van der Waals surface area contributed by atoms with Crippen molar-refractivity contribution >= 4 is 15.7 Å². The maximum absolute atomic E-state index is 12.3. The molecule has 1 N–H and O–H groups in total. The van der Waals surface area contributed by atoms with Gasteiger partial charge in [0.1, 0.15) is 0 Å². The lowest BCUT2D eigenvalue weighted by molar-refractivity contribution is -0.144. The zero-order chi connectivity index (χ0) is 16.5. The number of hydrogen-bond acceptors (Lipinski definition) is 5. The number of halogens is 3. The van der Waals surface area contributed by atoms with E-state index in [0.29, 0.717) is 0 Å². The Balaban J connectivity index is 2.21. The lowest BCUT2D eigenvalue weighted by Crippen LogP contribution is -2.15. The minimum absolute atomic E-state index is 0.0193. The zero-order valence-corrected chi connectivity index (χ0v) is 12.4. The maximum Gasteiger partial charge on any atom is 0.451 e. The molecule has 0 aliphatic rings. The molecule has 22 heavy (non-hydrogen) atoms. The molecule has 0 radical (unpaired) electrons. The average molecular weight is 335 g/mol. The fourth-order valence-corrected chi connectivity index (χ4v) is 2.44. The summed E-state index contributed by atoms with van der Waals surface area (Å²) in [7, 11) is -4.02. The van der Waals surface area contributed by atoms with Crippen LogP contribution >= 0.6 is 0 Å². The van der Waals surface area contributed by atoms with Crippen molar-refractivity contribution in [2.75, 3.05) is 4.72 Å². The van der Waals surface area contributed by atoms with Crippen molar-refractivity contribution < 1.29 is 21.6 Å². The van der Waals surface area contributed by atoms with E-state index >= 15 is 0 Å². The standard InChI is InChI=1S/C11H12F3N5O2S/c1-7(2)19-5-9(17-6-19)22(20,21)18-8-3-15-10(16-4-8)11(12,13)14/h3-7,18H,1-2H3. The van der Waals surface area contributed by atoms with Crippen molar-refractivity contribution in [1.82, 2.24) is 19.5 Å². The van der Waals surface area contributed by atoms with Crippen molar-refractivity contribution in [2.24, 2.45) is 0 Å². The topological polar surface area (TPSA) is 89.8 Å². The molecule has 2 aromatic rings. The van der Waals surface area contributed by atoms with Crippen LogP contribution in [0, 0.1) is 0 Å². The molecule has 0 saturated carbocycles. The van der Waals surface area contributed by atoms with Crippen LogP contribution in [0.25, 0.3) is 0 Å². The molecule has 0 fully saturated rings. The van der Waals surface area contributed by atoms with Gasteiger partial charge in [-0.2, -0.15) is 21.6 Å². The lowest BCUT2D eigenvalue weighted by Gasteiger charge is -2.07. The highest BCUT2D eigenvalue weighted by atomic mass is 32.2. The van der Waals surface area contributed by atoms with Gasteiger partial charge in [0.05, 0.1) is 24.4 Å². The number of alkyl halides is 3. The molecular weight excluding hydrogens is 323 g/mol. The van der Waals surface area contributed by atoms with Crippen LogP contribution in [0.2, 0.25) is 0 Å². The van der Waals surface area contributed by atoms with E-state index in [0.717, 1.165) is 12.4 Å². The largest absolute Gasteiger partial charge is 0.451 e. The molecule has 2 aromatic heterocycles. The summed E-state index contributed by atoms with van der Waals surface area (Å²) in [4.78, 5) is 9.90. The molecule has 0 atom stereocenters. The van der Waals surface area contributed by atoms with Crippen LogP contribution in [-0.4, -0.2) is 27.9 Å². The Kier molecular flexibility index (Phi) is 4.09. The number of anilines is 1. The monoisotopic (exact) mass is 335 g/mol. The molecule has 0 saturated heterocycles. The summed E-state index contributed by atoms with van der Waals surface area (Å²) in [5.41, 5.74) is -0.188. The van der Waals surface area contributed by atoms with E-state index in [4.69, 9.17) is 0 Å². The molecule has 2 rings (SSSR count). The van der Waals surface area contributed by atoms with Crippen LogP contribution in [0.5, 0.6) is 0 Å². The third-order valence-electron chi connectivity index (χ3n) is 2.61. The summed E-state index contributed by atoms with van der Waals surface area (Å²) >= 11 is 0. The van der Waals surface area contributed by atoms with Gasteiger partial charge in [0.2, 0.25) is 5.82 Å². The van der Waals surface area contributed by atoms with Gasteiger partial charge in [-0.15, -0.1) is 0 Å². The van der Waals surface area contributed by atoms with Crippen molar-refractivity contribution in [1.29, 1.82) is 0 Å². The van der Waals surface area contributed by atoms with Crippen molar-refractivity contribution in [3.8, 4) is 0 Å². The van der Waals surface area contributed by atoms with Crippen LogP contribution in [0.1, 0.15) is 25.7 Å². The fourth-order valence-electron chi connectivity index (χ4n) is 1.47. The summed E-state index contributed by atoms with van der Waals surface area (Å²) in [5.74, 6) is -1.35. The number of imidazole rings is 1. The molecule has 0 aromatic carbocycles. The van der Waals surface area contributed by atoms with Gasteiger partial charge in [-0.05, 0) is 13.8 Å². The van der Waals surface area contributed by atoms with E-state index in [1.165, 1.54) is 12.5 Å². The number of nitrogens with zero attached hydrogens (tertiary/aromatic N) is 4. The molecule has 11 heteroatoms. The van der Waals surface area contributed by atoms with E-state index in [-0.39, 0.29) is 16.8 Å². The Morgan fingerprint density at radius 2 is 1.77 bits per heavy atom. The third kappa shape index (κ3) is 3.53. The number of aromatic nitrogens is 4. The van der Waals surface area contributed by atoms with Gasteiger partial charge in [-0.25, -0.2) is 15.0 Å². The molecule has 0 amide bonds. The Hall–Kier alpha value is -2.17. The first-order chi connectivity index (χ1) is 10.1. The fraction of sp³-hybridized carbons (Fsp3) is 0.364. The van der Waals surface area contributed by atoms with E-state index in [1.807, 2.05) is 13.8 Å². The number of sulfonamides is 1. The van der Waals surface area contributed by atoms with E-state index in [9.17, 15) is 21.6 Å². The van der Waals surface area contributed by atoms with Gasteiger partial charge in [0, 0.05) is 12.2 Å². The Labute approximate surface area is 124 Å². The Morgan fingerprint density at radius 1 is 1.18 bits per heavy atom. The first-order valence-electron chi connectivity index (χ1n) is 6.05. The van der Waals surface area contributed by atoms with Gasteiger partial charge in [0.25, 0.3) is 10.0 Å². The molecule has 120 valence electrons. The molecule has 0 bridgehead atoms. The van der Waals surface area contributed by atoms with Gasteiger partial charge in [0.15, 0.2) is 5.03 Å². The average Bonchev–Trinajstić information content (AvgIpc) is 2.88. The number of nitrogens with one attached hydrogen (secondary N) is 1. The zero-order valence-electron chi connectivity index (χ0n) is 11.5. The Morgan fingerprint density at radius 3 is 2.23 bits per heavy atom. The van der Waals surface area contributed by atoms with Crippen molar-refractivity contribution in [3.63, 3.8) is 0 Å². The molecule has 0 aliphatic carbocycles. The smallest absolute Gasteiger partial charge is 0.334 e. The van der Waals surface area contributed by atoms with Gasteiger partial charge < -0.3 is 4.57 Å².